The number of halogens is 7. The predicted molar refractivity (Wildman–Crippen MR) is 244 cm³/mol. The molecular weight excluding hydrogens is 992 g/mol. The van der Waals surface area contributed by atoms with Gasteiger partial charge in [0.25, 0.3) is 11.8 Å². The number of imidazole rings is 1. The summed E-state index contributed by atoms with van der Waals surface area (Å²) in [7, 11) is -6.33. The van der Waals surface area contributed by atoms with E-state index < -0.39 is 55.6 Å². The second-order valence-corrected chi connectivity index (χ2v) is 19.3. The molecule has 0 atom stereocenters. The molecule has 0 saturated heterocycles. The number of anilines is 1. The molecule has 25 heteroatoms. The monoisotopic (exact) mass is 1030 g/mol. The van der Waals surface area contributed by atoms with Gasteiger partial charge in [0, 0.05) is 37.1 Å². The number of para-hydroxylation sites is 1. The molecule has 0 radical (unpaired) electrons. The second kappa shape index (κ2) is 21.6. The van der Waals surface area contributed by atoms with Gasteiger partial charge in [-0.15, -0.1) is 4.41 Å². The number of rotatable bonds is 15. The maximum atomic E-state index is 13.3. The minimum absolute atomic E-state index is 0.0441. The summed E-state index contributed by atoms with van der Waals surface area (Å²) >= 11 is 6.00. The van der Waals surface area contributed by atoms with Gasteiger partial charge < -0.3 is 14.3 Å². The first-order chi connectivity index (χ1) is 32.9. The highest BCUT2D eigenvalue weighted by molar-refractivity contribution is 7.92. The number of oxazole rings is 1. The zero-order chi connectivity index (χ0) is 51.0. The van der Waals surface area contributed by atoms with E-state index >= 15 is 0 Å². The van der Waals surface area contributed by atoms with Gasteiger partial charge in [0.05, 0.1) is 49.2 Å². The molecule has 7 aromatic rings. The van der Waals surface area contributed by atoms with E-state index in [0.29, 0.717) is 11.3 Å². The summed E-state index contributed by atoms with van der Waals surface area (Å²) in [6.07, 6.45) is -2.50. The molecule has 70 heavy (non-hydrogen) atoms. The van der Waals surface area contributed by atoms with Crippen LogP contribution in [0.2, 0.25) is 5.15 Å². The summed E-state index contributed by atoms with van der Waals surface area (Å²) in [6, 6.07) is 27.0. The van der Waals surface area contributed by atoms with Crippen molar-refractivity contribution in [3.05, 3.63) is 184 Å². The first-order valence-corrected chi connectivity index (χ1v) is 24.4. The zero-order valence-corrected chi connectivity index (χ0v) is 39.3. The number of amides is 2. The Kier molecular flexibility index (Phi) is 16.2. The van der Waals surface area contributed by atoms with Crippen LogP contribution in [0.5, 0.6) is 0 Å². The molecule has 4 aromatic heterocycles. The Balaban J connectivity index is 0.000000231. The van der Waals surface area contributed by atoms with Crippen molar-refractivity contribution >= 4 is 49.1 Å². The van der Waals surface area contributed by atoms with Crippen LogP contribution < -0.4 is 9.62 Å². The van der Waals surface area contributed by atoms with Crippen LogP contribution in [-0.2, 0) is 65.6 Å². The Labute approximate surface area is 402 Å². The van der Waals surface area contributed by atoms with Crippen LogP contribution in [0.15, 0.2) is 138 Å². The SMILES string of the molecule is CS(=O)(=O)N(Cc1ncc(-c2ccccc2)o1)c1ccccc1C(=O)NCc1ccc(C(F)(F)F)nc1.Cn1c(Cl)cnc1CN(N(Cc1ccc(C(F)(F)F)nc1)C(=O)c1ccccc1)S(C)(=O)=O. The van der Waals surface area contributed by atoms with Gasteiger partial charge in [0.2, 0.25) is 25.9 Å². The normalized spacial score (nSPS) is 12.0. The molecular formula is C45H40ClF6N9O7S2. The van der Waals surface area contributed by atoms with Crippen molar-refractivity contribution in [3.8, 4) is 11.3 Å². The van der Waals surface area contributed by atoms with Crippen LogP contribution in [0.1, 0.15) is 54.9 Å². The van der Waals surface area contributed by atoms with Crippen molar-refractivity contribution in [2.45, 2.75) is 38.5 Å². The van der Waals surface area contributed by atoms with Crippen LogP contribution >= 0.6 is 11.6 Å². The summed E-state index contributed by atoms with van der Waals surface area (Å²) in [5.41, 5.74) is -0.525. The molecule has 0 bridgehead atoms. The lowest BCUT2D eigenvalue weighted by Crippen LogP contribution is -2.48. The summed E-state index contributed by atoms with van der Waals surface area (Å²) in [5.74, 6) is -0.472. The quantitative estimate of drug-likeness (QED) is 0.0769. The zero-order valence-electron chi connectivity index (χ0n) is 36.9. The molecule has 0 aliphatic rings. The number of alkyl halides is 6. The van der Waals surface area contributed by atoms with Gasteiger partial charge >= 0.3 is 12.4 Å². The fourth-order valence-corrected chi connectivity index (χ4v) is 8.24. The summed E-state index contributed by atoms with van der Waals surface area (Å²) < 4.78 is 137. The van der Waals surface area contributed by atoms with Crippen LogP contribution in [0, 0.1) is 0 Å². The molecule has 16 nitrogen and oxygen atoms in total. The standard InChI is InChI=1S/C25H21F3N4O4S.C20H19ClF3N5O3S/c1-37(34,35)32(16-23-30-15-21(36-23)18-7-3-2-4-8-18)20-10-6-5-9-19(20)24(33)31-14-17-11-12-22(29-13-17)25(26,27)28;1-27-17(21)11-26-18(27)13-29(33(2,31)32)28(19(30)15-6-4-3-5-7-15)12-14-8-9-16(25-10-14)20(22,23)24/h2-13,15H,14,16H2,1H3,(H,31,33);3-11H,12-13H2,1-2H3. The number of hydrazine groups is 1. The number of carbonyl (C=O) groups is 2. The van der Waals surface area contributed by atoms with Crippen molar-refractivity contribution in [1.29, 1.82) is 0 Å². The Morgan fingerprint density at radius 1 is 0.671 bits per heavy atom. The number of pyridine rings is 2. The minimum Gasteiger partial charge on any atom is -0.439 e. The topological polar surface area (TPSA) is 194 Å². The average molecular weight is 1030 g/mol. The van der Waals surface area contributed by atoms with E-state index in [1.54, 1.807) is 37.4 Å². The van der Waals surface area contributed by atoms with Gasteiger partial charge in [-0.2, -0.15) is 26.3 Å². The molecule has 1 N–H and O–H groups in total. The highest BCUT2D eigenvalue weighted by Gasteiger charge is 2.35. The Morgan fingerprint density at radius 3 is 1.77 bits per heavy atom. The van der Waals surface area contributed by atoms with E-state index in [-0.39, 0.29) is 65.4 Å². The molecule has 4 heterocycles. The number of aromatic nitrogens is 5. The van der Waals surface area contributed by atoms with Gasteiger partial charge in [-0.1, -0.05) is 84.4 Å². The first kappa shape index (κ1) is 52.2. The van der Waals surface area contributed by atoms with E-state index in [1.807, 2.05) is 30.3 Å². The highest BCUT2D eigenvalue weighted by Crippen LogP contribution is 2.30. The van der Waals surface area contributed by atoms with Crippen molar-refractivity contribution in [3.63, 3.8) is 0 Å². The number of sulfonamides is 2. The highest BCUT2D eigenvalue weighted by atomic mass is 35.5. The van der Waals surface area contributed by atoms with Gasteiger partial charge in [-0.3, -0.25) is 28.9 Å². The molecule has 0 aliphatic carbocycles. The lowest BCUT2D eigenvalue weighted by Gasteiger charge is -2.33. The predicted octanol–water partition coefficient (Wildman–Crippen LogP) is 8.16. The molecule has 0 fully saturated rings. The minimum atomic E-state index is -4.63. The molecule has 0 aliphatic heterocycles. The van der Waals surface area contributed by atoms with Crippen LogP contribution in [-0.4, -0.2) is 75.1 Å². The van der Waals surface area contributed by atoms with Crippen molar-refractivity contribution in [1.82, 2.24) is 39.2 Å². The number of hydrogen-bond acceptors (Lipinski definition) is 11. The smallest absolute Gasteiger partial charge is 0.433 e. The van der Waals surface area contributed by atoms with E-state index in [1.165, 1.54) is 47.3 Å². The second-order valence-electron chi connectivity index (χ2n) is 15.1. The first-order valence-electron chi connectivity index (χ1n) is 20.3. The molecule has 3 aromatic carbocycles. The third kappa shape index (κ3) is 13.5. The maximum Gasteiger partial charge on any atom is 0.433 e. The molecule has 2 amide bonds. The molecule has 0 spiro atoms. The summed E-state index contributed by atoms with van der Waals surface area (Å²) in [6.45, 7) is -1.07. The fraction of sp³-hybridized carbons (Fsp3) is 0.200. The third-order valence-corrected chi connectivity index (χ3v) is 12.5. The van der Waals surface area contributed by atoms with Gasteiger partial charge in [0.1, 0.15) is 28.9 Å². The number of nitrogens with one attached hydrogen (secondary N) is 1. The molecule has 0 saturated carbocycles. The van der Waals surface area contributed by atoms with Gasteiger partial charge in [-0.25, -0.2) is 26.8 Å². The summed E-state index contributed by atoms with van der Waals surface area (Å²) in [5, 5.41) is 3.77. The number of carbonyl (C=O) groups excluding carboxylic acids is 2. The van der Waals surface area contributed by atoms with Crippen LogP contribution in [0.4, 0.5) is 32.0 Å². The van der Waals surface area contributed by atoms with Crippen LogP contribution in [0.3, 0.4) is 0 Å². The number of benzene rings is 3. The van der Waals surface area contributed by atoms with Gasteiger partial charge in [0.15, 0.2) is 5.76 Å². The van der Waals surface area contributed by atoms with Crippen molar-refractivity contribution in [2.24, 2.45) is 7.05 Å². The van der Waals surface area contributed by atoms with Crippen LogP contribution in [0.25, 0.3) is 11.3 Å². The summed E-state index contributed by atoms with van der Waals surface area (Å²) in [4.78, 5) is 41.3. The van der Waals surface area contributed by atoms with E-state index in [4.69, 9.17) is 16.0 Å². The molecule has 0 unspecified atom stereocenters. The van der Waals surface area contributed by atoms with Gasteiger partial charge in [-0.05, 0) is 47.5 Å². The van der Waals surface area contributed by atoms with Crippen molar-refractivity contribution in [2.75, 3.05) is 16.8 Å². The largest absolute Gasteiger partial charge is 0.439 e. The Morgan fingerprint density at radius 2 is 1.24 bits per heavy atom. The average Bonchev–Trinajstić information content (AvgIpc) is 3.93. The number of nitrogens with zero attached hydrogens (tertiary/aromatic N) is 8. The lowest BCUT2D eigenvalue weighted by molar-refractivity contribution is -0.142. The number of hydrogen-bond donors (Lipinski definition) is 1. The van der Waals surface area contributed by atoms with E-state index in [2.05, 4.69) is 25.3 Å². The van der Waals surface area contributed by atoms with E-state index in [9.17, 15) is 52.8 Å². The maximum absolute atomic E-state index is 13.3. The Bertz CT molecular complexity index is 3140. The van der Waals surface area contributed by atoms with E-state index in [0.717, 1.165) is 62.4 Å². The lowest BCUT2D eigenvalue weighted by atomic mass is 10.1. The third-order valence-electron chi connectivity index (χ3n) is 9.94. The molecule has 368 valence electrons. The fourth-order valence-electron chi connectivity index (χ4n) is 6.39. The Hall–Kier alpha value is -7.15. The van der Waals surface area contributed by atoms with Crippen molar-refractivity contribution < 1.29 is 57.2 Å². The molecule has 7 rings (SSSR count).